The van der Waals surface area contributed by atoms with Crippen LogP contribution in [-0.4, -0.2) is 18.4 Å². The van der Waals surface area contributed by atoms with Crippen LogP contribution in [0.1, 0.15) is 31.8 Å². The summed E-state index contributed by atoms with van der Waals surface area (Å²) < 4.78 is 37.8. The van der Waals surface area contributed by atoms with E-state index in [9.17, 15) is 22.8 Å². The lowest BCUT2D eigenvalue weighted by Crippen LogP contribution is -2.27. The van der Waals surface area contributed by atoms with Gasteiger partial charge in [-0.05, 0) is 48.4 Å². The van der Waals surface area contributed by atoms with Crippen molar-refractivity contribution in [2.24, 2.45) is 0 Å². The third-order valence-electron chi connectivity index (χ3n) is 4.44. The topological polar surface area (TPSA) is 58.2 Å². The molecule has 154 valence electrons. The molecule has 0 aliphatic rings. The third-order valence-corrected chi connectivity index (χ3v) is 4.44. The van der Waals surface area contributed by atoms with Crippen LogP contribution in [0.25, 0.3) is 0 Å². The molecule has 0 atom stereocenters. The third kappa shape index (κ3) is 5.47. The molecule has 0 heterocycles. The minimum absolute atomic E-state index is 0.241. The quantitative estimate of drug-likeness (QED) is 0.603. The van der Waals surface area contributed by atoms with Gasteiger partial charge < -0.3 is 10.6 Å². The molecule has 3 aromatic carbocycles. The highest BCUT2D eigenvalue weighted by Crippen LogP contribution is 2.29. The molecule has 7 heteroatoms. The van der Waals surface area contributed by atoms with E-state index in [1.807, 2.05) is 0 Å². The van der Waals surface area contributed by atoms with Gasteiger partial charge in [-0.3, -0.25) is 9.59 Å². The standard InChI is InChI=1S/C23H19F3N2O2/c24-23(25,26)18-12-10-16(11-13-18)14-15-27-22(30)19-8-4-5-9-20(19)28-21(29)17-6-2-1-3-7-17/h1-13H,14-15H2,(H,27,30)(H,28,29). The Kier molecular flexibility index (Phi) is 6.51. The maximum absolute atomic E-state index is 12.6. The summed E-state index contributed by atoms with van der Waals surface area (Å²) >= 11 is 0. The molecule has 0 fully saturated rings. The first-order valence-corrected chi connectivity index (χ1v) is 9.24. The molecule has 0 bridgehead atoms. The van der Waals surface area contributed by atoms with E-state index in [1.165, 1.54) is 12.1 Å². The first kappa shape index (κ1) is 21.1. The maximum Gasteiger partial charge on any atom is 0.416 e. The van der Waals surface area contributed by atoms with E-state index in [0.29, 0.717) is 28.8 Å². The molecule has 30 heavy (non-hydrogen) atoms. The molecule has 0 spiro atoms. The van der Waals surface area contributed by atoms with Crippen LogP contribution in [0.2, 0.25) is 0 Å². The Bertz CT molecular complexity index is 1020. The summed E-state index contributed by atoms with van der Waals surface area (Å²) in [5.74, 6) is -0.716. The van der Waals surface area contributed by atoms with Crippen LogP contribution in [-0.2, 0) is 12.6 Å². The largest absolute Gasteiger partial charge is 0.416 e. The SMILES string of the molecule is O=C(Nc1ccccc1C(=O)NCCc1ccc(C(F)(F)F)cc1)c1ccccc1. The van der Waals surface area contributed by atoms with Gasteiger partial charge in [-0.15, -0.1) is 0 Å². The molecular formula is C23H19F3N2O2. The van der Waals surface area contributed by atoms with Crippen molar-refractivity contribution in [3.05, 3.63) is 101 Å². The number of carbonyl (C=O) groups excluding carboxylic acids is 2. The summed E-state index contributed by atoms with van der Waals surface area (Å²) in [7, 11) is 0. The molecule has 0 unspecified atom stereocenters. The Labute approximate surface area is 171 Å². The van der Waals surface area contributed by atoms with Gasteiger partial charge in [0.2, 0.25) is 0 Å². The number of para-hydroxylation sites is 1. The Balaban J connectivity index is 1.60. The van der Waals surface area contributed by atoms with Crippen LogP contribution in [0.4, 0.5) is 18.9 Å². The van der Waals surface area contributed by atoms with E-state index in [2.05, 4.69) is 10.6 Å². The number of alkyl halides is 3. The molecule has 2 N–H and O–H groups in total. The lowest BCUT2D eigenvalue weighted by Gasteiger charge is -2.12. The average Bonchev–Trinajstić information content (AvgIpc) is 2.74. The normalized spacial score (nSPS) is 11.0. The fourth-order valence-electron chi connectivity index (χ4n) is 2.85. The van der Waals surface area contributed by atoms with E-state index in [1.54, 1.807) is 54.6 Å². The second-order valence-electron chi connectivity index (χ2n) is 6.57. The van der Waals surface area contributed by atoms with Crippen LogP contribution in [0.5, 0.6) is 0 Å². The van der Waals surface area contributed by atoms with Gasteiger partial charge in [0, 0.05) is 12.1 Å². The van der Waals surface area contributed by atoms with Crippen molar-refractivity contribution in [3.63, 3.8) is 0 Å². The highest BCUT2D eigenvalue weighted by Gasteiger charge is 2.29. The number of hydrogen-bond donors (Lipinski definition) is 2. The lowest BCUT2D eigenvalue weighted by atomic mass is 10.1. The monoisotopic (exact) mass is 412 g/mol. The van der Waals surface area contributed by atoms with Crippen LogP contribution < -0.4 is 10.6 Å². The van der Waals surface area contributed by atoms with Crippen molar-refractivity contribution in [3.8, 4) is 0 Å². The minimum Gasteiger partial charge on any atom is -0.352 e. The smallest absolute Gasteiger partial charge is 0.352 e. The molecule has 4 nitrogen and oxygen atoms in total. The minimum atomic E-state index is -4.37. The molecule has 2 amide bonds. The average molecular weight is 412 g/mol. The zero-order valence-electron chi connectivity index (χ0n) is 15.9. The summed E-state index contributed by atoms with van der Waals surface area (Å²) in [6.45, 7) is 0.241. The fraction of sp³-hybridized carbons (Fsp3) is 0.130. The van der Waals surface area contributed by atoms with Gasteiger partial charge >= 0.3 is 6.18 Å². The second kappa shape index (κ2) is 9.26. The predicted octanol–water partition coefficient (Wildman–Crippen LogP) is 4.93. The van der Waals surface area contributed by atoms with Crippen LogP contribution in [0, 0.1) is 0 Å². The van der Waals surface area contributed by atoms with E-state index in [0.717, 1.165) is 12.1 Å². The van der Waals surface area contributed by atoms with Crippen molar-refractivity contribution in [2.75, 3.05) is 11.9 Å². The first-order chi connectivity index (χ1) is 14.3. The number of anilines is 1. The second-order valence-corrected chi connectivity index (χ2v) is 6.57. The zero-order chi connectivity index (χ0) is 21.6. The number of benzene rings is 3. The summed E-state index contributed by atoms with van der Waals surface area (Å²) in [5, 5.41) is 5.46. The molecule has 3 rings (SSSR count). The van der Waals surface area contributed by atoms with Crippen LogP contribution in [0.15, 0.2) is 78.9 Å². The van der Waals surface area contributed by atoms with Gasteiger partial charge in [-0.2, -0.15) is 13.2 Å². The number of rotatable bonds is 6. The van der Waals surface area contributed by atoms with Gasteiger partial charge in [-0.25, -0.2) is 0 Å². The number of carbonyl (C=O) groups is 2. The number of halogens is 3. The number of nitrogens with one attached hydrogen (secondary N) is 2. The van der Waals surface area contributed by atoms with Crippen molar-refractivity contribution in [1.29, 1.82) is 0 Å². The molecule has 0 aliphatic carbocycles. The lowest BCUT2D eigenvalue weighted by molar-refractivity contribution is -0.137. The van der Waals surface area contributed by atoms with E-state index >= 15 is 0 Å². The Morgan fingerprint density at radius 3 is 2.07 bits per heavy atom. The van der Waals surface area contributed by atoms with Crippen LogP contribution in [0.3, 0.4) is 0 Å². The van der Waals surface area contributed by atoms with Gasteiger partial charge in [0.15, 0.2) is 0 Å². The van der Waals surface area contributed by atoms with Crippen molar-refractivity contribution in [2.45, 2.75) is 12.6 Å². The predicted molar refractivity (Wildman–Crippen MR) is 108 cm³/mol. The Morgan fingerprint density at radius 2 is 1.40 bits per heavy atom. The summed E-state index contributed by atoms with van der Waals surface area (Å²) in [5.41, 5.74) is 1.11. The fourth-order valence-corrected chi connectivity index (χ4v) is 2.85. The Morgan fingerprint density at radius 1 is 0.767 bits per heavy atom. The molecule has 0 saturated heterocycles. The number of amides is 2. The highest BCUT2D eigenvalue weighted by molar-refractivity contribution is 6.08. The van der Waals surface area contributed by atoms with E-state index in [-0.39, 0.29) is 18.4 Å². The molecular weight excluding hydrogens is 393 g/mol. The molecule has 0 radical (unpaired) electrons. The van der Waals surface area contributed by atoms with Crippen molar-refractivity contribution >= 4 is 17.5 Å². The number of hydrogen-bond acceptors (Lipinski definition) is 2. The molecule has 0 saturated carbocycles. The van der Waals surface area contributed by atoms with Crippen molar-refractivity contribution in [1.82, 2.24) is 5.32 Å². The maximum atomic E-state index is 12.6. The van der Waals surface area contributed by atoms with E-state index in [4.69, 9.17) is 0 Å². The zero-order valence-corrected chi connectivity index (χ0v) is 15.9. The van der Waals surface area contributed by atoms with Gasteiger partial charge in [0.05, 0.1) is 16.8 Å². The van der Waals surface area contributed by atoms with E-state index < -0.39 is 11.7 Å². The molecule has 3 aromatic rings. The molecule has 0 aromatic heterocycles. The van der Waals surface area contributed by atoms with Gasteiger partial charge in [0.1, 0.15) is 0 Å². The Hall–Kier alpha value is -3.61. The van der Waals surface area contributed by atoms with Crippen molar-refractivity contribution < 1.29 is 22.8 Å². The summed E-state index contributed by atoms with van der Waals surface area (Å²) in [4.78, 5) is 24.9. The van der Waals surface area contributed by atoms with Gasteiger partial charge in [0.25, 0.3) is 11.8 Å². The first-order valence-electron chi connectivity index (χ1n) is 9.24. The highest BCUT2D eigenvalue weighted by atomic mass is 19.4. The van der Waals surface area contributed by atoms with Crippen LogP contribution >= 0.6 is 0 Å². The summed E-state index contributed by atoms with van der Waals surface area (Å²) in [6, 6.07) is 20.1. The van der Waals surface area contributed by atoms with Gasteiger partial charge in [-0.1, -0.05) is 42.5 Å². The molecule has 0 aliphatic heterocycles. The summed E-state index contributed by atoms with van der Waals surface area (Å²) in [6.07, 6.45) is -4.00.